The van der Waals surface area contributed by atoms with Crippen LogP contribution in [0.4, 0.5) is 0 Å². The van der Waals surface area contributed by atoms with Gasteiger partial charge in [-0.1, -0.05) is 18.2 Å². The van der Waals surface area contributed by atoms with E-state index >= 15 is 0 Å². The van der Waals surface area contributed by atoms with Crippen LogP contribution in [0.3, 0.4) is 0 Å². The molecule has 1 N–H and O–H groups in total. The lowest BCUT2D eigenvalue weighted by Gasteiger charge is -2.37. The Hall–Kier alpha value is -2.32. The molecule has 4 rings (SSSR count). The number of rotatable bonds is 6. The van der Waals surface area contributed by atoms with Crippen LogP contribution in [0.2, 0.25) is 0 Å². The summed E-state index contributed by atoms with van der Waals surface area (Å²) in [6, 6.07) is 8.62. The largest absolute Gasteiger partial charge is 0.353 e. The van der Waals surface area contributed by atoms with Crippen LogP contribution in [-0.4, -0.2) is 47.7 Å². The number of fused-ring (bicyclic) bond motifs is 2. The Bertz CT molecular complexity index is 907. The van der Waals surface area contributed by atoms with Gasteiger partial charge in [0.2, 0.25) is 15.9 Å². The van der Waals surface area contributed by atoms with Crippen molar-refractivity contribution in [1.82, 2.24) is 19.6 Å². The number of benzene rings is 1. The number of nitrogens with one attached hydrogen (secondary N) is 1. The lowest BCUT2D eigenvalue weighted by molar-refractivity contribution is -0.122. The first kappa shape index (κ1) is 19.0. The highest BCUT2D eigenvalue weighted by Gasteiger charge is 2.45. The van der Waals surface area contributed by atoms with Crippen molar-refractivity contribution in [1.29, 1.82) is 0 Å². The van der Waals surface area contributed by atoms with Crippen molar-refractivity contribution >= 4 is 15.9 Å². The normalized spacial score (nSPS) is 24.8. The minimum atomic E-state index is -3.48. The monoisotopic (exact) mass is 400 g/mol. The van der Waals surface area contributed by atoms with E-state index < -0.39 is 10.0 Å². The SMILES string of the molecule is O=C(CCc1cnccn1)NC1[C@@H]2CC[C@H]1CN(S(=O)(=O)c1ccccc1)C2. The van der Waals surface area contributed by atoms with Crippen molar-refractivity contribution in [2.45, 2.75) is 36.6 Å². The Morgan fingerprint density at radius 1 is 1.11 bits per heavy atom. The summed E-state index contributed by atoms with van der Waals surface area (Å²) in [4.78, 5) is 20.9. The van der Waals surface area contributed by atoms with Gasteiger partial charge in [0.25, 0.3) is 0 Å². The van der Waals surface area contributed by atoms with Crippen LogP contribution in [-0.2, 0) is 21.2 Å². The Kier molecular flexibility index (Phi) is 5.41. The molecule has 28 heavy (non-hydrogen) atoms. The molecule has 0 spiro atoms. The molecule has 148 valence electrons. The first-order valence-corrected chi connectivity index (χ1v) is 11.1. The molecule has 1 aromatic carbocycles. The van der Waals surface area contributed by atoms with Crippen LogP contribution < -0.4 is 5.32 Å². The lowest BCUT2D eigenvalue weighted by Crippen LogP contribution is -2.53. The predicted molar refractivity (Wildman–Crippen MR) is 104 cm³/mol. The number of aromatic nitrogens is 2. The fraction of sp³-hybridized carbons (Fsp3) is 0.450. The molecule has 2 aliphatic rings. The molecule has 1 aliphatic carbocycles. The minimum Gasteiger partial charge on any atom is -0.353 e. The fourth-order valence-electron chi connectivity index (χ4n) is 4.31. The molecule has 8 heteroatoms. The number of piperidine rings is 1. The maximum absolute atomic E-state index is 12.9. The second-order valence-electron chi connectivity index (χ2n) is 7.52. The summed E-state index contributed by atoms with van der Waals surface area (Å²) < 4.78 is 27.4. The molecule has 3 atom stereocenters. The molecular formula is C20H24N4O3S. The van der Waals surface area contributed by atoms with E-state index in [4.69, 9.17) is 0 Å². The van der Waals surface area contributed by atoms with E-state index in [1.54, 1.807) is 47.2 Å². The predicted octanol–water partition coefficient (Wildman–Crippen LogP) is 1.62. The number of carbonyl (C=O) groups is 1. The number of hydrogen-bond donors (Lipinski definition) is 1. The number of nitrogens with zero attached hydrogens (tertiary/aromatic N) is 3. The van der Waals surface area contributed by atoms with Crippen LogP contribution in [0.5, 0.6) is 0 Å². The molecular weight excluding hydrogens is 376 g/mol. The van der Waals surface area contributed by atoms with E-state index in [1.807, 2.05) is 6.07 Å². The summed E-state index contributed by atoms with van der Waals surface area (Å²) in [5, 5.41) is 3.15. The van der Waals surface area contributed by atoms with Gasteiger partial charge in [0.05, 0.1) is 10.6 Å². The third-order valence-corrected chi connectivity index (χ3v) is 7.58. The topological polar surface area (TPSA) is 92.3 Å². The van der Waals surface area contributed by atoms with Crippen molar-refractivity contribution in [3.05, 3.63) is 54.6 Å². The lowest BCUT2D eigenvalue weighted by atomic mass is 9.93. The van der Waals surface area contributed by atoms with E-state index in [0.29, 0.717) is 30.8 Å². The summed E-state index contributed by atoms with van der Waals surface area (Å²) >= 11 is 0. The molecule has 1 saturated heterocycles. The van der Waals surface area contributed by atoms with E-state index in [-0.39, 0.29) is 23.8 Å². The van der Waals surface area contributed by atoms with Gasteiger partial charge in [-0.05, 0) is 43.2 Å². The summed E-state index contributed by atoms with van der Waals surface area (Å²) in [5.41, 5.74) is 0.796. The second-order valence-corrected chi connectivity index (χ2v) is 9.46. The van der Waals surface area contributed by atoms with Gasteiger partial charge in [-0.25, -0.2) is 8.42 Å². The quantitative estimate of drug-likeness (QED) is 0.796. The molecule has 2 bridgehead atoms. The van der Waals surface area contributed by atoms with Gasteiger partial charge in [-0.2, -0.15) is 4.31 Å². The van der Waals surface area contributed by atoms with E-state index in [0.717, 1.165) is 18.5 Å². The second kappa shape index (κ2) is 7.97. The van der Waals surface area contributed by atoms with Gasteiger partial charge >= 0.3 is 0 Å². The highest BCUT2D eigenvalue weighted by atomic mass is 32.2. The van der Waals surface area contributed by atoms with Crippen molar-refractivity contribution in [2.75, 3.05) is 13.1 Å². The average molecular weight is 401 g/mol. The highest BCUT2D eigenvalue weighted by molar-refractivity contribution is 7.89. The molecule has 2 fully saturated rings. The molecule has 2 heterocycles. The van der Waals surface area contributed by atoms with Crippen LogP contribution in [0.25, 0.3) is 0 Å². The zero-order valence-electron chi connectivity index (χ0n) is 15.6. The smallest absolute Gasteiger partial charge is 0.243 e. The number of aryl methyl sites for hydroxylation is 1. The van der Waals surface area contributed by atoms with E-state index in [9.17, 15) is 13.2 Å². The third-order valence-electron chi connectivity index (χ3n) is 5.73. The van der Waals surface area contributed by atoms with Crippen LogP contribution in [0.1, 0.15) is 25.0 Å². The number of sulfonamides is 1. The van der Waals surface area contributed by atoms with Gasteiger partial charge in [0, 0.05) is 44.1 Å². The standard InChI is InChI=1S/C20H24N4O3S/c25-19(9-8-17-12-21-10-11-22-17)23-20-15-6-7-16(20)14-24(13-15)28(26,27)18-4-2-1-3-5-18/h1-5,10-12,15-16,20H,6-9,13-14H2,(H,23,25)/t15-,16+,20?. The number of hydrogen-bond acceptors (Lipinski definition) is 5. The Morgan fingerprint density at radius 2 is 1.82 bits per heavy atom. The summed E-state index contributed by atoms with van der Waals surface area (Å²) in [6.45, 7) is 0.922. The molecule has 1 unspecified atom stereocenters. The van der Waals surface area contributed by atoms with Gasteiger partial charge in [-0.15, -0.1) is 0 Å². The molecule has 1 aromatic heterocycles. The maximum Gasteiger partial charge on any atom is 0.243 e. The van der Waals surface area contributed by atoms with Gasteiger partial charge in [-0.3, -0.25) is 14.8 Å². The summed E-state index contributed by atoms with van der Waals surface area (Å²) in [5.74, 6) is 0.322. The van der Waals surface area contributed by atoms with Crippen molar-refractivity contribution in [3.63, 3.8) is 0 Å². The molecule has 1 aliphatic heterocycles. The van der Waals surface area contributed by atoms with E-state index in [1.165, 1.54) is 0 Å². The zero-order chi connectivity index (χ0) is 19.6. The summed E-state index contributed by atoms with van der Waals surface area (Å²) in [7, 11) is -3.48. The Morgan fingerprint density at radius 3 is 2.46 bits per heavy atom. The first-order chi connectivity index (χ1) is 13.5. The average Bonchev–Trinajstić information content (AvgIpc) is 2.94. The van der Waals surface area contributed by atoms with Gasteiger partial charge in [0.1, 0.15) is 0 Å². The van der Waals surface area contributed by atoms with Crippen LogP contribution in [0.15, 0.2) is 53.8 Å². The fourth-order valence-corrected chi connectivity index (χ4v) is 5.89. The zero-order valence-corrected chi connectivity index (χ0v) is 16.4. The van der Waals surface area contributed by atoms with Crippen molar-refractivity contribution in [2.24, 2.45) is 11.8 Å². The first-order valence-electron chi connectivity index (χ1n) is 9.63. The van der Waals surface area contributed by atoms with Crippen molar-refractivity contribution < 1.29 is 13.2 Å². The Balaban J connectivity index is 1.37. The molecule has 7 nitrogen and oxygen atoms in total. The number of amides is 1. The Labute approximate surface area is 165 Å². The highest BCUT2D eigenvalue weighted by Crippen LogP contribution is 2.39. The van der Waals surface area contributed by atoms with Gasteiger partial charge < -0.3 is 5.32 Å². The molecule has 1 amide bonds. The summed E-state index contributed by atoms with van der Waals surface area (Å²) in [6.07, 6.45) is 7.71. The molecule has 2 aromatic rings. The molecule has 1 saturated carbocycles. The maximum atomic E-state index is 12.9. The third kappa shape index (κ3) is 3.93. The minimum absolute atomic E-state index is 0.00748. The van der Waals surface area contributed by atoms with Crippen LogP contribution >= 0.6 is 0 Å². The van der Waals surface area contributed by atoms with Gasteiger partial charge in [0.15, 0.2) is 0 Å². The number of carbonyl (C=O) groups excluding carboxylic acids is 1. The molecule has 0 radical (unpaired) electrons. The van der Waals surface area contributed by atoms with Crippen molar-refractivity contribution in [3.8, 4) is 0 Å². The van der Waals surface area contributed by atoms with E-state index in [2.05, 4.69) is 15.3 Å². The van der Waals surface area contributed by atoms with Crippen LogP contribution in [0, 0.1) is 11.8 Å².